The Bertz CT molecular complexity index is 570. The summed E-state index contributed by atoms with van der Waals surface area (Å²) < 4.78 is 13.6. The van der Waals surface area contributed by atoms with Crippen LogP contribution in [-0.4, -0.2) is 28.1 Å². The first kappa shape index (κ1) is 38.1. The van der Waals surface area contributed by atoms with Crippen molar-refractivity contribution >= 4 is 11.6 Å². The van der Waals surface area contributed by atoms with E-state index in [2.05, 4.69) is 48.9 Å². The molecule has 1 aliphatic heterocycles. The van der Waals surface area contributed by atoms with Crippen molar-refractivity contribution in [3.63, 3.8) is 0 Å². The zero-order valence-electron chi connectivity index (χ0n) is 23.1. The first-order valence-corrected chi connectivity index (χ1v) is 12.4. The van der Waals surface area contributed by atoms with Crippen LogP contribution in [0.1, 0.15) is 119 Å². The fraction of sp³-hybridized carbons (Fsp3) is 0.741. The molecule has 1 amide bonds. The molecule has 194 valence electrons. The van der Waals surface area contributed by atoms with Gasteiger partial charge in [-0.25, -0.2) is 9.37 Å². The molecular formula is C27H53FN4O. The molecule has 2 rings (SSSR count). The predicted octanol–water partition coefficient (Wildman–Crippen LogP) is 7.83. The SMILES string of the molecule is C#C.CC.CC.CC(C)=N.CC1CCC(=O)NC1.CCC(C)CCCC(F)c1cnc(C)[nH]1. The van der Waals surface area contributed by atoms with E-state index in [0.717, 1.165) is 38.1 Å². The number of hydrogen-bond acceptors (Lipinski definition) is 3. The van der Waals surface area contributed by atoms with Gasteiger partial charge in [-0.1, -0.05) is 61.3 Å². The number of aromatic amines is 1. The number of terminal acetylenes is 1. The molecule has 0 aromatic carbocycles. The number of aromatic nitrogens is 2. The monoisotopic (exact) mass is 468 g/mol. The maximum absolute atomic E-state index is 13.6. The summed E-state index contributed by atoms with van der Waals surface area (Å²) in [7, 11) is 0. The number of aryl methyl sites for hydroxylation is 1. The van der Waals surface area contributed by atoms with Crippen LogP contribution >= 0.6 is 0 Å². The van der Waals surface area contributed by atoms with Crippen LogP contribution in [0.4, 0.5) is 4.39 Å². The van der Waals surface area contributed by atoms with Gasteiger partial charge in [0.2, 0.25) is 5.91 Å². The first-order valence-electron chi connectivity index (χ1n) is 12.4. The Morgan fingerprint density at radius 3 is 2.09 bits per heavy atom. The second-order valence-corrected chi connectivity index (χ2v) is 7.78. The third-order valence-electron chi connectivity index (χ3n) is 4.42. The summed E-state index contributed by atoms with van der Waals surface area (Å²) >= 11 is 0. The first-order chi connectivity index (χ1) is 15.6. The molecule has 3 atom stereocenters. The molecule has 3 unspecified atom stereocenters. The second-order valence-electron chi connectivity index (χ2n) is 7.78. The third kappa shape index (κ3) is 27.8. The topological polar surface area (TPSA) is 81.6 Å². The number of amides is 1. The van der Waals surface area contributed by atoms with E-state index in [1.807, 2.05) is 34.6 Å². The minimum Gasteiger partial charge on any atom is -0.356 e. The van der Waals surface area contributed by atoms with Gasteiger partial charge in [0.25, 0.3) is 0 Å². The normalized spacial score (nSPS) is 15.3. The number of alkyl halides is 1. The van der Waals surface area contributed by atoms with Crippen molar-refractivity contribution < 1.29 is 9.18 Å². The van der Waals surface area contributed by atoms with Gasteiger partial charge in [0.15, 0.2) is 0 Å². The lowest BCUT2D eigenvalue weighted by Crippen LogP contribution is -2.33. The molecular weight excluding hydrogens is 415 g/mol. The number of rotatable bonds is 6. The van der Waals surface area contributed by atoms with Crippen LogP contribution in [0, 0.1) is 37.0 Å². The van der Waals surface area contributed by atoms with Gasteiger partial charge >= 0.3 is 0 Å². The van der Waals surface area contributed by atoms with Crippen LogP contribution in [0.15, 0.2) is 6.20 Å². The molecule has 0 bridgehead atoms. The summed E-state index contributed by atoms with van der Waals surface area (Å²) in [6.07, 6.45) is 14.4. The number of nitrogens with zero attached hydrogens (tertiary/aromatic N) is 1. The lowest BCUT2D eigenvalue weighted by Gasteiger charge is -2.17. The molecule has 1 aromatic rings. The molecule has 33 heavy (non-hydrogen) atoms. The summed E-state index contributed by atoms with van der Waals surface area (Å²) in [4.78, 5) is 17.4. The van der Waals surface area contributed by atoms with Gasteiger partial charge in [-0.2, -0.15) is 0 Å². The van der Waals surface area contributed by atoms with Crippen molar-refractivity contribution in [2.75, 3.05) is 6.54 Å². The quantitative estimate of drug-likeness (QED) is 0.294. The van der Waals surface area contributed by atoms with Crippen molar-refractivity contribution in [1.29, 1.82) is 5.41 Å². The highest BCUT2D eigenvalue weighted by atomic mass is 19.1. The van der Waals surface area contributed by atoms with Gasteiger partial charge in [0.05, 0.1) is 11.9 Å². The summed E-state index contributed by atoms with van der Waals surface area (Å²) in [5.41, 5.74) is 1.29. The van der Waals surface area contributed by atoms with Gasteiger partial charge in [-0.05, 0) is 51.9 Å². The van der Waals surface area contributed by atoms with Crippen molar-refractivity contribution in [2.45, 2.75) is 114 Å². The Morgan fingerprint density at radius 2 is 1.76 bits per heavy atom. The Kier molecular flexibility index (Phi) is 32.2. The van der Waals surface area contributed by atoms with E-state index >= 15 is 0 Å². The smallest absolute Gasteiger partial charge is 0.220 e. The summed E-state index contributed by atoms with van der Waals surface area (Å²) in [5, 5.41) is 9.29. The average Bonchev–Trinajstić information content (AvgIpc) is 3.26. The second kappa shape index (κ2) is 27.9. The minimum absolute atomic E-state index is 0.211. The number of carbonyl (C=O) groups excluding carboxylic acids is 1. The molecule has 5 nitrogen and oxygen atoms in total. The van der Waals surface area contributed by atoms with Crippen LogP contribution in [-0.2, 0) is 4.79 Å². The van der Waals surface area contributed by atoms with Crippen molar-refractivity contribution in [1.82, 2.24) is 15.3 Å². The van der Waals surface area contributed by atoms with Crippen molar-refractivity contribution in [2.24, 2.45) is 11.8 Å². The fourth-order valence-electron chi connectivity index (χ4n) is 2.46. The highest BCUT2D eigenvalue weighted by molar-refractivity contribution is 5.76. The molecule has 1 saturated heterocycles. The van der Waals surface area contributed by atoms with E-state index in [-0.39, 0.29) is 5.91 Å². The lowest BCUT2D eigenvalue weighted by molar-refractivity contribution is -0.122. The highest BCUT2D eigenvalue weighted by Gasteiger charge is 2.13. The van der Waals surface area contributed by atoms with Crippen molar-refractivity contribution in [3.05, 3.63) is 17.7 Å². The molecule has 2 heterocycles. The number of carbonyl (C=O) groups is 1. The largest absolute Gasteiger partial charge is 0.356 e. The van der Waals surface area contributed by atoms with Crippen LogP contribution in [0.3, 0.4) is 0 Å². The van der Waals surface area contributed by atoms with E-state index < -0.39 is 6.17 Å². The Labute approximate surface area is 204 Å². The molecule has 0 aliphatic carbocycles. The van der Waals surface area contributed by atoms with Crippen LogP contribution in [0.25, 0.3) is 0 Å². The zero-order chi connectivity index (χ0) is 26.8. The molecule has 1 fully saturated rings. The van der Waals surface area contributed by atoms with E-state index in [1.165, 1.54) is 6.42 Å². The number of piperidine rings is 1. The lowest BCUT2D eigenvalue weighted by atomic mass is 10.00. The minimum atomic E-state index is -0.879. The Balaban J connectivity index is -0.000000196. The van der Waals surface area contributed by atoms with E-state index in [9.17, 15) is 9.18 Å². The molecule has 0 spiro atoms. The van der Waals surface area contributed by atoms with E-state index in [1.54, 1.807) is 20.0 Å². The summed E-state index contributed by atoms with van der Waals surface area (Å²) in [6, 6.07) is 0. The van der Waals surface area contributed by atoms with E-state index in [4.69, 9.17) is 5.41 Å². The molecule has 3 N–H and O–H groups in total. The number of imidazole rings is 1. The van der Waals surface area contributed by atoms with Crippen LogP contribution in [0.5, 0.6) is 0 Å². The van der Waals surface area contributed by atoms with Crippen LogP contribution < -0.4 is 5.32 Å². The molecule has 0 saturated carbocycles. The van der Waals surface area contributed by atoms with Crippen molar-refractivity contribution in [3.8, 4) is 12.8 Å². The van der Waals surface area contributed by atoms with Gasteiger partial charge < -0.3 is 15.7 Å². The molecule has 1 aromatic heterocycles. The van der Waals surface area contributed by atoms with Gasteiger partial charge in [0, 0.05) is 18.7 Å². The molecule has 0 radical (unpaired) electrons. The third-order valence-corrected chi connectivity index (χ3v) is 4.42. The maximum atomic E-state index is 13.6. The molecule has 1 aliphatic rings. The zero-order valence-corrected chi connectivity index (χ0v) is 23.1. The Morgan fingerprint density at radius 1 is 1.24 bits per heavy atom. The predicted molar refractivity (Wildman–Crippen MR) is 144 cm³/mol. The Hall–Kier alpha value is -2.16. The number of H-pyrrole nitrogens is 1. The van der Waals surface area contributed by atoms with Gasteiger partial charge in [0.1, 0.15) is 12.0 Å². The molecule has 6 heteroatoms. The van der Waals surface area contributed by atoms with Gasteiger partial charge in [-0.15, -0.1) is 12.8 Å². The fourth-order valence-corrected chi connectivity index (χ4v) is 2.46. The maximum Gasteiger partial charge on any atom is 0.220 e. The van der Waals surface area contributed by atoms with Gasteiger partial charge in [-0.3, -0.25) is 4.79 Å². The number of nitrogens with one attached hydrogen (secondary N) is 3. The number of hydrogen-bond donors (Lipinski definition) is 3. The average molecular weight is 469 g/mol. The summed E-state index contributed by atoms with van der Waals surface area (Å²) in [6.45, 7) is 20.8. The summed E-state index contributed by atoms with van der Waals surface area (Å²) in [5.74, 6) is 2.39. The standard InChI is InChI=1S/C12H21FN2.C6H11NO.C3H7N.2C2H6.C2H2/c1-4-9(2)6-5-7-11(13)12-8-14-10(3)15-12;1-5-2-3-6(8)7-4-5;1-3(2)4;3*1-2/h8-9,11H,4-7H2,1-3H3,(H,14,15);5H,2-4H2,1H3,(H,7,8);4H,1-2H3;2*1-2H3;1-2H. The van der Waals surface area contributed by atoms with E-state index in [0.29, 0.717) is 29.7 Å². The van der Waals surface area contributed by atoms with Crippen LogP contribution in [0.2, 0.25) is 0 Å². The number of halogens is 1. The highest BCUT2D eigenvalue weighted by Crippen LogP contribution is 2.23.